The molecule has 0 aliphatic heterocycles. The Bertz CT molecular complexity index is 447. The maximum absolute atomic E-state index is 5.86. The number of nitrogens with zero attached hydrogens (tertiary/aromatic N) is 1. The van der Waals surface area contributed by atoms with Crippen LogP contribution in [0.25, 0.3) is 0 Å². The number of ether oxygens (including phenoxy) is 1. The summed E-state index contributed by atoms with van der Waals surface area (Å²) in [4.78, 5) is 4.21. The number of hydrogen-bond donors (Lipinski definition) is 2. The molecule has 1 aromatic carbocycles. The van der Waals surface area contributed by atoms with Gasteiger partial charge < -0.3 is 15.4 Å². The molecule has 0 unspecified atom stereocenters. The zero-order valence-corrected chi connectivity index (χ0v) is 12.7. The lowest BCUT2D eigenvalue weighted by Crippen LogP contribution is -2.40. The Labute approximate surface area is 121 Å². The van der Waals surface area contributed by atoms with Crippen LogP contribution in [-0.2, 0) is 0 Å². The summed E-state index contributed by atoms with van der Waals surface area (Å²) in [5.74, 6) is 2.71. The molecular formula is C16H25N3O. The lowest BCUT2D eigenvalue weighted by Gasteiger charge is -2.14. The molecule has 0 heterocycles. The van der Waals surface area contributed by atoms with Gasteiger partial charge in [-0.3, -0.25) is 4.99 Å². The smallest absolute Gasteiger partial charge is 0.191 e. The molecule has 1 aliphatic carbocycles. The van der Waals surface area contributed by atoms with Gasteiger partial charge in [0.15, 0.2) is 5.96 Å². The summed E-state index contributed by atoms with van der Waals surface area (Å²) in [7, 11) is 1.80. The number of para-hydroxylation sites is 1. The van der Waals surface area contributed by atoms with Crippen LogP contribution in [0.1, 0.15) is 24.0 Å². The van der Waals surface area contributed by atoms with E-state index < -0.39 is 0 Å². The first-order valence-corrected chi connectivity index (χ1v) is 7.34. The molecule has 0 spiro atoms. The predicted molar refractivity (Wildman–Crippen MR) is 83.5 cm³/mol. The number of rotatable bonds is 6. The van der Waals surface area contributed by atoms with Gasteiger partial charge in [0.2, 0.25) is 0 Å². The van der Waals surface area contributed by atoms with Crippen molar-refractivity contribution >= 4 is 5.96 Å². The number of guanidine groups is 1. The second kappa shape index (κ2) is 7.17. The Hall–Kier alpha value is -1.71. The molecule has 0 amide bonds. The van der Waals surface area contributed by atoms with Crippen molar-refractivity contribution in [3.8, 4) is 5.75 Å². The Morgan fingerprint density at radius 1 is 1.25 bits per heavy atom. The third kappa shape index (κ3) is 4.44. The summed E-state index contributed by atoms with van der Waals surface area (Å²) >= 11 is 0. The van der Waals surface area contributed by atoms with Crippen LogP contribution in [0.2, 0.25) is 0 Å². The average molecular weight is 275 g/mol. The number of aryl methyl sites for hydroxylation is 2. The van der Waals surface area contributed by atoms with Crippen molar-refractivity contribution in [3.05, 3.63) is 29.3 Å². The monoisotopic (exact) mass is 275 g/mol. The van der Waals surface area contributed by atoms with E-state index in [1.54, 1.807) is 7.05 Å². The van der Waals surface area contributed by atoms with Crippen LogP contribution < -0.4 is 15.4 Å². The van der Waals surface area contributed by atoms with Gasteiger partial charge in [-0.2, -0.15) is 0 Å². The molecule has 1 aromatic rings. The molecule has 2 N–H and O–H groups in total. The highest BCUT2D eigenvalue weighted by molar-refractivity contribution is 5.79. The minimum atomic E-state index is 0.635. The molecule has 2 rings (SSSR count). The molecule has 1 aliphatic rings. The fourth-order valence-corrected chi connectivity index (χ4v) is 2.13. The lowest BCUT2D eigenvalue weighted by atomic mass is 10.1. The largest absolute Gasteiger partial charge is 0.491 e. The van der Waals surface area contributed by atoms with Crippen molar-refractivity contribution in [1.82, 2.24) is 10.6 Å². The van der Waals surface area contributed by atoms with Crippen molar-refractivity contribution < 1.29 is 4.74 Å². The molecule has 20 heavy (non-hydrogen) atoms. The minimum Gasteiger partial charge on any atom is -0.491 e. The van der Waals surface area contributed by atoms with Crippen LogP contribution in [0.5, 0.6) is 5.75 Å². The fourth-order valence-electron chi connectivity index (χ4n) is 2.13. The van der Waals surface area contributed by atoms with Gasteiger partial charge in [0.05, 0.1) is 6.54 Å². The molecule has 0 radical (unpaired) electrons. The van der Waals surface area contributed by atoms with Crippen LogP contribution >= 0.6 is 0 Å². The van der Waals surface area contributed by atoms with Gasteiger partial charge in [-0.25, -0.2) is 0 Å². The summed E-state index contributed by atoms with van der Waals surface area (Å²) in [6.07, 6.45) is 2.69. The second-order valence-corrected chi connectivity index (χ2v) is 5.39. The molecule has 4 heteroatoms. The number of nitrogens with one attached hydrogen (secondary N) is 2. The molecule has 0 bridgehead atoms. The Balaban J connectivity index is 1.69. The van der Waals surface area contributed by atoms with E-state index in [1.807, 2.05) is 0 Å². The van der Waals surface area contributed by atoms with Crippen molar-refractivity contribution in [2.45, 2.75) is 26.7 Å². The predicted octanol–water partition coefficient (Wildman–Crippen LogP) is 2.26. The van der Waals surface area contributed by atoms with Gasteiger partial charge in [0.1, 0.15) is 12.4 Å². The highest BCUT2D eigenvalue weighted by atomic mass is 16.5. The third-order valence-electron chi connectivity index (χ3n) is 3.53. The fraction of sp³-hybridized carbons (Fsp3) is 0.562. The van der Waals surface area contributed by atoms with E-state index in [-0.39, 0.29) is 0 Å². The highest BCUT2D eigenvalue weighted by Crippen LogP contribution is 2.27. The maximum atomic E-state index is 5.86. The van der Waals surface area contributed by atoms with E-state index in [4.69, 9.17) is 4.74 Å². The quantitative estimate of drug-likeness (QED) is 0.475. The van der Waals surface area contributed by atoms with Crippen LogP contribution in [0.3, 0.4) is 0 Å². The Morgan fingerprint density at radius 3 is 2.55 bits per heavy atom. The normalized spacial score (nSPS) is 15.1. The first-order chi connectivity index (χ1) is 9.70. The van der Waals surface area contributed by atoms with Gasteiger partial charge >= 0.3 is 0 Å². The van der Waals surface area contributed by atoms with Gasteiger partial charge in [-0.15, -0.1) is 0 Å². The maximum Gasteiger partial charge on any atom is 0.191 e. The summed E-state index contributed by atoms with van der Waals surface area (Å²) in [6.45, 7) is 6.56. The Kier molecular flexibility index (Phi) is 5.27. The highest BCUT2D eigenvalue weighted by Gasteiger charge is 2.20. The van der Waals surface area contributed by atoms with E-state index in [0.29, 0.717) is 6.61 Å². The molecule has 110 valence electrons. The zero-order valence-electron chi connectivity index (χ0n) is 12.7. The zero-order chi connectivity index (χ0) is 14.4. The van der Waals surface area contributed by atoms with E-state index in [1.165, 1.54) is 24.0 Å². The first kappa shape index (κ1) is 14.7. The summed E-state index contributed by atoms with van der Waals surface area (Å²) < 4.78 is 5.86. The molecule has 1 fully saturated rings. The topological polar surface area (TPSA) is 45.7 Å². The van der Waals surface area contributed by atoms with Crippen molar-refractivity contribution in [2.75, 3.05) is 26.7 Å². The van der Waals surface area contributed by atoms with E-state index in [9.17, 15) is 0 Å². The minimum absolute atomic E-state index is 0.635. The number of aliphatic imine (C=N–C) groups is 1. The SMILES string of the molecule is CN=C(NCCOc1c(C)cccc1C)NCC1CC1. The summed E-state index contributed by atoms with van der Waals surface area (Å²) in [5, 5.41) is 6.61. The summed E-state index contributed by atoms with van der Waals surface area (Å²) in [6, 6.07) is 6.21. The molecule has 4 nitrogen and oxygen atoms in total. The van der Waals surface area contributed by atoms with Crippen molar-refractivity contribution in [2.24, 2.45) is 10.9 Å². The van der Waals surface area contributed by atoms with Gasteiger partial charge in [0, 0.05) is 13.6 Å². The molecule has 0 atom stereocenters. The van der Waals surface area contributed by atoms with E-state index >= 15 is 0 Å². The molecule has 0 saturated heterocycles. The summed E-state index contributed by atoms with van der Waals surface area (Å²) in [5.41, 5.74) is 2.36. The first-order valence-electron chi connectivity index (χ1n) is 7.34. The molecule has 1 saturated carbocycles. The third-order valence-corrected chi connectivity index (χ3v) is 3.53. The van der Waals surface area contributed by atoms with E-state index in [2.05, 4.69) is 47.7 Å². The van der Waals surface area contributed by atoms with Gasteiger partial charge in [-0.05, 0) is 43.7 Å². The lowest BCUT2D eigenvalue weighted by molar-refractivity contribution is 0.317. The second-order valence-electron chi connectivity index (χ2n) is 5.39. The van der Waals surface area contributed by atoms with Crippen LogP contribution in [0.15, 0.2) is 23.2 Å². The van der Waals surface area contributed by atoms with Crippen LogP contribution in [0.4, 0.5) is 0 Å². The van der Waals surface area contributed by atoms with Crippen LogP contribution in [0, 0.1) is 19.8 Å². The molecule has 0 aromatic heterocycles. The number of hydrogen-bond acceptors (Lipinski definition) is 2. The van der Waals surface area contributed by atoms with Crippen molar-refractivity contribution in [3.63, 3.8) is 0 Å². The van der Waals surface area contributed by atoms with Gasteiger partial charge in [-0.1, -0.05) is 18.2 Å². The average Bonchev–Trinajstić information content (AvgIpc) is 3.25. The van der Waals surface area contributed by atoms with Gasteiger partial charge in [0.25, 0.3) is 0 Å². The Morgan fingerprint density at radius 2 is 1.95 bits per heavy atom. The van der Waals surface area contributed by atoms with E-state index in [0.717, 1.165) is 30.7 Å². The van der Waals surface area contributed by atoms with Crippen LogP contribution in [-0.4, -0.2) is 32.7 Å². The number of benzene rings is 1. The van der Waals surface area contributed by atoms with Crippen molar-refractivity contribution in [1.29, 1.82) is 0 Å². The molecular weight excluding hydrogens is 250 g/mol. The standard InChI is InChI=1S/C16H25N3O/c1-12-5-4-6-13(2)15(12)20-10-9-18-16(17-3)19-11-14-7-8-14/h4-6,14H,7-11H2,1-3H3,(H2,17,18,19).